The summed E-state index contributed by atoms with van der Waals surface area (Å²) in [4.78, 5) is 0.507. The summed E-state index contributed by atoms with van der Waals surface area (Å²) >= 11 is 3.81. The predicted molar refractivity (Wildman–Crippen MR) is 76.1 cm³/mol. The molecule has 1 aromatic carbocycles. The lowest BCUT2D eigenvalue weighted by Crippen LogP contribution is -2.17. The van der Waals surface area contributed by atoms with Crippen LogP contribution in [-0.2, 0) is 6.42 Å². The Balaban J connectivity index is 2.55. The highest BCUT2D eigenvalue weighted by Crippen LogP contribution is 2.26. The van der Waals surface area contributed by atoms with Crippen molar-refractivity contribution in [2.75, 3.05) is 0 Å². The van der Waals surface area contributed by atoms with Crippen LogP contribution in [0.5, 0.6) is 0 Å². The number of rotatable bonds is 7. The topological polar surface area (TPSA) is 0 Å². The molecule has 0 fully saturated rings. The second kappa shape index (κ2) is 7.86. The van der Waals surface area contributed by atoms with Crippen molar-refractivity contribution in [1.82, 2.24) is 0 Å². The summed E-state index contributed by atoms with van der Waals surface area (Å²) in [6.07, 6.45) is 5.99. The number of hydrogen-bond acceptors (Lipinski definition) is 0. The fourth-order valence-electron chi connectivity index (χ4n) is 2.26. The highest BCUT2D eigenvalue weighted by Gasteiger charge is 2.17. The van der Waals surface area contributed by atoms with E-state index in [1.54, 1.807) is 12.1 Å². The van der Waals surface area contributed by atoms with Crippen LogP contribution in [0.15, 0.2) is 24.3 Å². The zero-order valence-corrected chi connectivity index (χ0v) is 12.3. The monoisotopic (exact) mass is 300 g/mol. The Kier molecular flexibility index (Phi) is 6.79. The molecule has 1 atom stereocenters. The van der Waals surface area contributed by atoms with Crippen molar-refractivity contribution in [2.45, 2.75) is 50.8 Å². The summed E-state index contributed by atoms with van der Waals surface area (Å²) in [6.45, 7) is 4.47. The molecule has 0 bridgehead atoms. The third-order valence-electron chi connectivity index (χ3n) is 3.17. The zero-order valence-electron chi connectivity index (χ0n) is 10.8. The second-order valence-corrected chi connectivity index (χ2v) is 5.86. The molecule has 1 unspecified atom stereocenters. The maximum absolute atomic E-state index is 12.8. The van der Waals surface area contributed by atoms with Crippen LogP contribution in [0.3, 0.4) is 0 Å². The Morgan fingerprint density at radius 2 is 1.59 bits per heavy atom. The summed E-state index contributed by atoms with van der Waals surface area (Å²) in [7, 11) is 0. The van der Waals surface area contributed by atoms with Crippen molar-refractivity contribution < 1.29 is 4.39 Å². The standard InChI is InChI=1S/C15H22BrF/c1-3-5-13(6-4-2)15(16)11-12-7-9-14(17)10-8-12/h7-10,13,15H,3-6,11H2,1-2H3. The molecule has 0 nitrogen and oxygen atoms in total. The molecular formula is C15H22BrF. The first-order valence-electron chi connectivity index (χ1n) is 6.55. The van der Waals surface area contributed by atoms with Gasteiger partial charge in [0, 0.05) is 4.83 Å². The van der Waals surface area contributed by atoms with Crippen LogP contribution in [0.4, 0.5) is 4.39 Å². The number of alkyl halides is 1. The van der Waals surface area contributed by atoms with E-state index in [0.717, 1.165) is 12.3 Å². The van der Waals surface area contributed by atoms with Gasteiger partial charge in [0.05, 0.1) is 0 Å². The molecule has 0 radical (unpaired) electrons. The van der Waals surface area contributed by atoms with Gasteiger partial charge in [0.1, 0.15) is 5.82 Å². The van der Waals surface area contributed by atoms with Crippen molar-refractivity contribution in [2.24, 2.45) is 5.92 Å². The van der Waals surface area contributed by atoms with E-state index < -0.39 is 0 Å². The van der Waals surface area contributed by atoms with E-state index in [2.05, 4.69) is 29.8 Å². The molecule has 0 aromatic heterocycles. The van der Waals surface area contributed by atoms with E-state index in [4.69, 9.17) is 0 Å². The summed E-state index contributed by atoms with van der Waals surface area (Å²) in [5, 5.41) is 0. The Bertz CT molecular complexity index is 301. The predicted octanol–water partition coefficient (Wildman–Crippen LogP) is 5.35. The summed E-state index contributed by atoms with van der Waals surface area (Å²) in [6, 6.07) is 6.87. The first kappa shape index (κ1) is 14.7. The van der Waals surface area contributed by atoms with E-state index in [0.29, 0.717) is 4.83 Å². The minimum Gasteiger partial charge on any atom is -0.207 e. The highest BCUT2D eigenvalue weighted by atomic mass is 79.9. The highest BCUT2D eigenvalue weighted by molar-refractivity contribution is 9.09. The number of halogens is 2. The molecule has 0 N–H and O–H groups in total. The maximum atomic E-state index is 12.8. The van der Waals surface area contributed by atoms with Crippen LogP contribution in [0.1, 0.15) is 45.1 Å². The van der Waals surface area contributed by atoms with Gasteiger partial charge in [-0.1, -0.05) is 54.8 Å². The van der Waals surface area contributed by atoms with Crippen LogP contribution >= 0.6 is 15.9 Å². The minimum atomic E-state index is -0.154. The molecule has 0 aliphatic heterocycles. The van der Waals surface area contributed by atoms with E-state index >= 15 is 0 Å². The van der Waals surface area contributed by atoms with Gasteiger partial charge < -0.3 is 0 Å². The van der Waals surface area contributed by atoms with Crippen molar-refractivity contribution in [3.8, 4) is 0 Å². The van der Waals surface area contributed by atoms with E-state index in [9.17, 15) is 4.39 Å². The molecule has 0 aliphatic carbocycles. The maximum Gasteiger partial charge on any atom is 0.123 e. The smallest absolute Gasteiger partial charge is 0.123 e. The van der Waals surface area contributed by atoms with Gasteiger partial charge in [-0.2, -0.15) is 0 Å². The third-order valence-corrected chi connectivity index (χ3v) is 4.25. The molecule has 2 heteroatoms. The second-order valence-electron chi connectivity index (χ2n) is 4.68. The fraction of sp³-hybridized carbons (Fsp3) is 0.600. The Labute approximate surface area is 113 Å². The lowest BCUT2D eigenvalue weighted by atomic mass is 9.91. The lowest BCUT2D eigenvalue weighted by Gasteiger charge is -2.21. The van der Waals surface area contributed by atoms with Crippen molar-refractivity contribution in [1.29, 1.82) is 0 Å². The van der Waals surface area contributed by atoms with Crippen LogP contribution < -0.4 is 0 Å². The van der Waals surface area contributed by atoms with Gasteiger partial charge in [0.25, 0.3) is 0 Å². The molecule has 0 spiro atoms. The van der Waals surface area contributed by atoms with Crippen molar-refractivity contribution in [3.63, 3.8) is 0 Å². The van der Waals surface area contributed by atoms with Crippen molar-refractivity contribution in [3.05, 3.63) is 35.6 Å². The molecule has 0 heterocycles. The van der Waals surface area contributed by atoms with Gasteiger partial charge in [-0.25, -0.2) is 4.39 Å². The van der Waals surface area contributed by atoms with E-state index in [1.807, 2.05) is 12.1 Å². The number of hydrogen-bond donors (Lipinski definition) is 0. The van der Waals surface area contributed by atoms with Gasteiger partial charge in [0.2, 0.25) is 0 Å². The summed E-state index contributed by atoms with van der Waals surface area (Å²) < 4.78 is 12.8. The first-order chi connectivity index (χ1) is 8.17. The molecular weight excluding hydrogens is 279 g/mol. The van der Waals surface area contributed by atoms with E-state index in [-0.39, 0.29) is 5.82 Å². The zero-order chi connectivity index (χ0) is 12.7. The van der Waals surface area contributed by atoms with Gasteiger partial charge >= 0.3 is 0 Å². The number of benzene rings is 1. The van der Waals surface area contributed by atoms with Gasteiger partial charge in [0.15, 0.2) is 0 Å². The Hall–Kier alpha value is -0.370. The lowest BCUT2D eigenvalue weighted by molar-refractivity contribution is 0.427. The molecule has 96 valence electrons. The average Bonchev–Trinajstić information content (AvgIpc) is 2.32. The molecule has 0 aliphatic rings. The van der Waals surface area contributed by atoms with Crippen molar-refractivity contribution >= 4 is 15.9 Å². The van der Waals surface area contributed by atoms with Crippen LogP contribution in [0.25, 0.3) is 0 Å². The molecule has 0 amide bonds. The Morgan fingerprint density at radius 1 is 1.06 bits per heavy atom. The Morgan fingerprint density at radius 3 is 2.06 bits per heavy atom. The van der Waals surface area contributed by atoms with Crippen LogP contribution in [-0.4, -0.2) is 4.83 Å². The summed E-state index contributed by atoms with van der Waals surface area (Å²) in [5.74, 6) is 0.577. The van der Waals surface area contributed by atoms with E-state index in [1.165, 1.54) is 31.2 Å². The van der Waals surface area contributed by atoms with Gasteiger partial charge in [-0.15, -0.1) is 0 Å². The van der Waals surface area contributed by atoms with Crippen LogP contribution in [0, 0.1) is 11.7 Å². The minimum absolute atomic E-state index is 0.154. The summed E-state index contributed by atoms with van der Waals surface area (Å²) in [5.41, 5.74) is 1.21. The quantitative estimate of drug-likeness (QED) is 0.596. The third kappa shape index (κ3) is 5.20. The molecule has 0 saturated carbocycles. The normalized spacial score (nSPS) is 13.0. The van der Waals surface area contributed by atoms with Gasteiger partial charge in [-0.05, 0) is 42.9 Å². The largest absolute Gasteiger partial charge is 0.207 e. The first-order valence-corrected chi connectivity index (χ1v) is 7.47. The molecule has 1 aromatic rings. The van der Waals surface area contributed by atoms with Crippen LogP contribution in [0.2, 0.25) is 0 Å². The average molecular weight is 301 g/mol. The van der Waals surface area contributed by atoms with Gasteiger partial charge in [-0.3, -0.25) is 0 Å². The SMILES string of the molecule is CCCC(CCC)C(Br)Cc1ccc(F)cc1. The molecule has 1 rings (SSSR count). The fourth-order valence-corrected chi connectivity index (χ4v) is 3.16. The molecule has 0 saturated heterocycles. The molecule has 17 heavy (non-hydrogen) atoms.